The summed E-state index contributed by atoms with van der Waals surface area (Å²) in [6, 6.07) is 4.31. The van der Waals surface area contributed by atoms with Gasteiger partial charge in [-0.1, -0.05) is 0 Å². The summed E-state index contributed by atoms with van der Waals surface area (Å²) in [4.78, 5) is 0. The lowest BCUT2D eigenvalue weighted by atomic mass is 10.1. The molecule has 78 valence electrons. The van der Waals surface area contributed by atoms with Crippen LogP contribution in [0.2, 0.25) is 0 Å². The fourth-order valence-corrected chi connectivity index (χ4v) is 1.15. The first-order chi connectivity index (χ1) is 6.69. The maximum Gasteiger partial charge on any atom is 0.132 e. The first-order valence-electron chi connectivity index (χ1n) is 4.19. The van der Waals surface area contributed by atoms with Crippen molar-refractivity contribution < 1.29 is 19.0 Å². The number of halogens is 1. The van der Waals surface area contributed by atoms with E-state index in [2.05, 4.69) is 0 Å². The third-order valence-corrected chi connectivity index (χ3v) is 1.89. The Kier molecular flexibility index (Phi) is 3.85. The molecule has 1 aromatic carbocycles. The van der Waals surface area contributed by atoms with Gasteiger partial charge in [0, 0.05) is 18.7 Å². The molecule has 0 aliphatic carbocycles. The third kappa shape index (κ3) is 2.43. The molecule has 1 atom stereocenters. The summed E-state index contributed by atoms with van der Waals surface area (Å²) in [5, 5.41) is 9.46. The van der Waals surface area contributed by atoms with E-state index in [1.54, 1.807) is 6.07 Å². The van der Waals surface area contributed by atoms with Crippen molar-refractivity contribution >= 4 is 0 Å². The summed E-state index contributed by atoms with van der Waals surface area (Å²) in [7, 11) is 2.91. The molecular formula is C10H13FO3. The summed E-state index contributed by atoms with van der Waals surface area (Å²) >= 11 is 0. The van der Waals surface area contributed by atoms with E-state index in [0.717, 1.165) is 0 Å². The number of aliphatic hydroxyl groups is 1. The number of hydrogen-bond acceptors (Lipinski definition) is 3. The molecule has 0 aliphatic heterocycles. The first-order valence-corrected chi connectivity index (χ1v) is 4.19. The zero-order valence-electron chi connectivity index (χ0n) is 8.16. The number of methoxy groups -OCH3 is 2. The highest BCUT2D eigenvalue weighted by atomic mass is 19.1. The Bertz CT molecular complexity index is 301. The minimum absolute atomic E-state index is 0.0727. The Balaban J connectivity index is 2.88. The highest BCUT2D eigenvalue weighted by Crippen LogP contribution is 2.21. The van der Waals surface area contributed by atoms with Gasteiger partial charge in [-0.3, -0.25) is 0 Å². The Hall–Kier alpha value is -1.13. The Morgan fingerprint density at radius 1 is 1.43 bits per heavy atom. The molecular weight excluding hydrogens is 187 g/mol. The first kappa shape index (κ1) is 10.9. The van der Waals surface area contributed by atoms with Gasteiger partial charge in [0.2, 0.25) is 0 Å². The van der Waals surface area contributed by atoms with E-state index < -0.39 is 11.9 Å². The summed E-state index contributed by atoms with van der Waals surface area (Å²) in [6.45, 7) is 0.0727. The SMILES string of the molecule is COCC(O)c1ccc(OC)cc1F. The van der Waals surface area contributed by atoms with Crippen molar-refractivity contribution in [1.82, 2.24) is 0 Å². The molecule has 0 bridgehead atoms. The van der Waals surface area contributed by atoms with E-state index in [1.165, 1.54) is 26.4 Å². The molecule has 4 heteroatoms. The van der Waals surface area contributed by atoms with Gasteiger partial charge < -0.3 is 14.6 Å². The maximum atomic E-state index is 13.3. The lowest BCUT2D eigenvalue weighted by molar-refractivity contribution is 0.0621. The van der Waals surface area contributed by atoms with Crippen LogP contribution in [0.1, 0.15) is 11.7 Å². The van der Waals surface area contributed by atoms with Crippen LogP contribution in [0.3, 0.4) is 0 Å². The molecule has 0 radical (unpaired) electrons. The van der Waals surface area contributed by atoms with Crippen LogP contribution in [0.4, 0.5) is 4.39 Å². The van der Waals surface area contributed by atoms with Gasteiger partial charge in [0.1, 0.15) is 17.7 Å². The highest BCUT2D eigenvalue weighted by Gasteiger charge is 2.12. The average Bonchev–Trinajstić information content (AvgIpc) is 2.17. The number of ether oxygens (including phenoxy) is 2. The second-order valence-electron chi connectivity index (χ2n) is 2.86. The predicted molar refractivity (Wildman–Crippen MR) is 49.8 cm³/mol. The predicted octanol–water partition coefficient (Wildman–Crippen LogP) is 1.51. The van der Waals surface area contributed by atoms with E-state index in [1.807, 2.05) is 0 Å². The average molecular weight is 200 g/mol. The van der Waals surface area contributed by atoms with Crippen LogP contribution in [-0.4, -0.2) is 25.9 Å². The third-order valence-electron chi connectivity index (χ3n) is 1.89. The van der Waals surface area contributed by atoms with Crippen LogP contribution < -0.4 is 4.74 Å². The molecule has 0 saturated heterocycles. The van der Waals surface area contributed by atoms with Crippen molar-refractivity contribution in [3.63, 3.8) is 0 Å². The molecule has 14 heavy (non-hydrogen) atoms. The molecule has 1 rings (SSSR count). The fraction of sp³-hybridized carbons (Fsp3) is 0.400. The van der Waals surface area contributed by atoms with Gasteiger partial charge in [0.25, 0.3) is 0 Å². The van der Waals surface area contributed by atoms with Crippen LogP contribution >= 0.6 is 0 Å². The minimum atomic E-state index is -0.939. The summed E-state index contributed by atoms with van der Waals surface area (Å²) < 4.78 is 22.9. The zero-order chi connectivity index (χ0) is 10.6. The van der Waals surface area contributed by atoms with Crippen molar-refractivity contribution in [2.24, 2.45) is 0 Å². The summed E-state index contributed by atoms with van der Waals surface area (Å²) in [6.07, 6.45) is -0.939. The van der Waals surface area contributed by atoms with Crippen molar-refractivity contribution in [3.8, 4) is 5.75 Å². The molecule has 0 heterocycles. The lowest BCUT2D eigenvalue weighted by Crippen LogP contribution is -2.07. The fourth-order valence-electron chi connectivity index (χ4n) is 1.15. The number of aliphatic hydroxyl groups excluding tert-OH is 1. The number of benzene rings is 1. The van der Waals surface area contributed by atoms with Crippen molar-refractivity contribution in [1.29, 1.82) is 0 Å². The topological polar surface area (TPSA) is 38.7 Å². The Morgan fingerprint density at radius 3 is 2.64 bits per heavy atom. The molecule has 1 unspecified atom stereocenters. The van der Waals surface area contributed by atoms with Gasteiger partial charge in [-0.25, -0.2) is 4.39 Å². The highest BCUT2D eigenvalue weighted by molar-refractivity contribution is 5.30. The van der Waals surface area contributed by atoms with Crippen molar-refractivity contribution in [3.05, 3.63) is 29.6 Å². The monoisotopic (exact) mass is 200 g/mol. The van der Waals surface area contributed by atoms with E-state index >= 15 is 0 Å². The molecule has 0 fully saturated rings. The van der Waals surface area contributed by atoms with Crippen molar-refractivity contribution in [2.45, 2.75) is 6.10 Å². The smallest absolute Gasteiger partial charge is 0.132 e. The number of rotatable bonds is 4. The van der Waals surface area contributed by atoms with Crippen molar-refractivity contribution in [2.75, 3.05) is 20.8 Å². The van der Waals surface area contributed by atoms with Gasteiger partial charge in [0.15, 0.2) is 0 Å². The second kappa shape index (κ2) is 4.93. The Labute approximate surface area is 82.1 Å². The van der Waals surface area contributed by atoms with Gasteiger partial charge in [-0.05, 0) is 12.1 Å². The van der Waals surface area contributed by atoms with Crippen LogP contribution in [0, 0.1) is 5.82 Å². The normalized spacial score (nSPS) is 12.6. The summed E-state index contributed by atoms with van der Waals surface area (Å²) in [5.41, 5.74) is 0.215. The van der Waals surface area contributed by atoms with Gasteiger partial charge in [-0.2, -0.15) is 0 Å². The van der Waals surface area contributed by atoms with Gasteiger partial charge >= 0.3 is 0 Å². The van der Waals surface area contributed by atoms with Gasteiger partial charge in [-0.15, -0.1) is 0 Å². The standard InChI is InChI=1S/C10H13FO3/c1-13-6-10(12)8-4-3-7(14-2)5-9(8)11/h3-5,10,12H,6H2,1-2H3. The molecule has 0 spiro atoms. The molecule has 0 aliphatic rings. The Morgan fingerprint density at radius 2 is 2.14 bits per heavy atom. The maximum absolute atomic E-state index is 13.3. The quantitative estimate of drug-likeness (QED) is 0.800. The van der Waals surface area contributed by atoms with E-state index in [0.29, 0.717) is 5.75 Å². The zero-order valence-corrected chi connectivity index (χ0v) is 8.16. The molecule has 3 nitrogen and oxygen atoms in total. The minimum Gasteiger partial charge on any atom is -0.497 e. The molecule has 1 N–H and O–H groups in total. The number of hydrogen-bond donors (Lipinski definition) is 1. The van der Waals surface area contributed by atoms with E-state index in [4.69, 9.17) is 9.47 Å². The summed E-state index contributed by atoms with van der Waals surface area (Å²) in [5.74, 6) is -0.0650. The lowest BCUT2D eigenvalue weighted by Gasteiger charge is -2.11. The molecule has 0 aromatic heterocycles. The van der Waals surface area contributed by atoms with Crippen LogP contribution in [0.25, 0.3) is 0 Å². The van der Waals surface area contributed by atoms with E-state index in [9.17, 15) is 9.50 Å². The van der Waals surface area contributed by atoms with Gasteiger partial charge in [0.05, 0.1) is 13.7 Å². The van der Waals surface area contributed by atoms with Crippen LogP contribution in [-0.2, 0) is 4.74 Å². The molecule has 0 saturated carbocycles. The van der Waals surface area contributed by atoms with Crippen LogP contribution in [0.5, 0.6) is 5.75 Å². The largest absolute Gasteiger partial charge is 0.497 e. The molecule has 0 amide bonds. The van der Waals surface area contributed by atoms with Crippen LogP contribution in [0.15, 0.2) is 18.2 Å². The molecule has 1 aromatic rings. The second-order valence-corrected chi connectivity index (χ2v) is 2.86. The van der Waals surface area contributed by atoms with E-state index in [-0.39, 0.29) is 12.2 Å².